The standard InChI is InChI=1S/C10H7ClNO4/c1-15-10(14)6-2-5(11)3-7-9(6)16-4-8(13)12-7/h2-4H,1H3,(H,12,13). The summed E-state index contributed by atoms with van der Waals surface area (Å²) in [6.07, 6.45) is 0. The number of ether oxygens (including phenoxy) is 2. The zero-order chi connectivity index (χ0) is 11.7. The number of benzene rings is 1. The third kappa shape index (κ3) is 1.81. The summed E-state index contributed by atoms with van der Waals surface area (Å²) in [5.41, 5.74) is 0.515. The van der Waals surface area contributed by atoms with E-state index >= 15 is 0 Å². The van der Waals surface area contributed by atoms with Crippen LogP contribution in [0, 0.1) is 6.61 Å². The number of anilines is 1. The van der Waals surface area contributed by atoms with Crippen molar-refractivity contribution in [2.75, 3.05) is 12.4 Å². The Hall–Kier alpha value is -1.75. The Labute approximate surface area is 96.3 Å². The van der Waals surface area contributed by atoms with Crippen LogP contribution in [0.4, 0.5) is 5.69 Å². The summed E-state index contributed by atoms with van der Waals surface area (Å²) in [5.74, 6) is -0.760. The molecule has 0 atom stereocenters. The Morgan fingerprint density at radius 1 is 1.50 bits per heavy atom. The lowest BCUT2D eigenvalue weighted by atomic mass is 10.1. The van der Waals surface area contributed by atoms with Gasteiger partial charge in [-0.2, -0.15) is 0 Å². The summed E-state index contributed by atoms with van der Waals surface area (Å²) >= 11 is 5.81. The molecule has 0 fully saturated rings. The Kier molecular flexibility index (Phi) is 2.70. The van der Waals surface area contributed by atoms with E-state index in [1.165, 1.54) is 19.2 Å². The number of hydrogen-bond acceptors (Lipinski definition) is 4. The van der Waals surface area contributed by atoms with Gasteiger partial charge in [0.25, 0.3) is 5.91 Å². The highest BCUT2D eigenvalue weighted by atomic mass is 35.5. The second kappa shape index (κ2) is 4.02. The predicted molar refractivity (Wildman–Crippen MR) is 56.3 cm³/mol. The molecule has 1 aliphatic heterocycles. The minimum atomic E-state index is -0.580. The average molecular weight is 241 g/mol. The topological polar surface area (TPSA) is 64.6 Å². The molecule has 0 bridgehead atoms. The second-order valence-corrected chi connectivity index (χ2v) is 3.48. The highest BCUT2D eigenvalue weighted by Crippen LogP contribution is 2.35. The first-order valence-electron chi connectivity index (χ1n) is 4.34. The molecule has 1 radical (unpaired) electrons. The van der Waals surface area contributed by atoms with Crippen molar-refractivity contribution in [3.63, 3.8) is 0 Å². The van der Waals surface area contributed by atoms with E-state index < -0.39 is 11.9 Å². The lowest BCUT2D eigenvalue weighted by Gasteiger charge is -2.19. The Balaban J connectivity index is 2.54. The van der Waals surface area contributed by atoms with Crippen molar-refractivity contribution in [3.05, 3.63) is 29.3 Å². The van der Waals surface area contributed by atoms with Crippen molar-refractivity contribution in [3.8, 4) is 5.75 Å². The van der Waals surface area contributed by atoms with Gasteiger partial charge < -0.3 is 14.8 Å². The maximum atomic E-state index is 11.4. The van der Waals surface area contributed by atoms with E-state index in [2.05, 4.69) is 10.1 Å². The fourth-order valence-electron chi connectivity index (χ4n) is 1.35. The molecule has 0 aromatic heterocycles. The molecule has 5 nitrogen and oxygen atoms in total. The van der Waals surface area contributed by atoms with Crippen LogP contribution >= 0.6 is 11.6 Å². The number of nitrogens with one attached hydrogen (secondary N) is 1. The van der Waals surface area contributed by atoms with E-state index in [9.17, 15) is 9.59 Å². The Morgan fingerprint density at radius 3 is 2.94 bits per heavy atom. The molecule has 1 N–H and O–H groups in total. The maximum Gasteiger partial charge on any atom is 0.341 e. The molecule has 1 aromatic carbocycles. The molecule has 1 aliphatic rings. The van der Waals surface area contributed by atoms with E-state index in [0.29, 0.717) is 10.7 Å². The van der Waals surface area contributed by atoms with Crippen LogP contribution in [0.3, 0.4) is 0 Å². The monoisotopic (exact) mass is 240 g/mol. The fraction of sp³-hybridized carbons (Fsp3) is 0.100. The number of esters is 1. The highest BCUT2D eigenvalue weighted by Gasteiger charge is 2.24. The maximum absolute atomic E-state index is 11.4. The summed E-state index contributed by atoms with van der Waals surface area (Å²) < 4.78 is 9.63. The van der Waals surface area contributed by atoms with Crippen LogP contribution in [-0.4, -0.2) is 19.0 Å². The summed E-state index contributed by atoms with van der Waals surface area (Å²) in [4.78, 5) is 22.5. The third-order valence-corrected chi connectivity index (χ3v) is 2.22. The number of carbonyl (C=O) groups excluding carboxylic acids is 2. The lowest BCUT2D eigenvalue weighted by molar-refractivity contribution is -0.115. The van der Waals surface area contributed by atoms with E-state index in [1.54, 1.807) is 0 Å². The molecule has 0 spiro atoms. The molecule has 0 aliphatic carbocycles. The van der Waals surface area contributed by atoms with Gasteiger partial charge in [-0.1, -0.05) is 11.6 Å². The molecule has 0 unspecified atom stereocenters. The van der Waals surface area contributed by atoms with Crippen LogP contribution in [0.25, 0.3) is 0 Å². The van der Waals surface area contributed by atoms with Crippen molar-refractivity contribution >= 4 is 29.2 Å². The van der Waals surface area contributed by atoms with Gasteiger partial charge in [-0.25, -0.2) is 4.79 Å². The number of fused-ring (bicyclic) bond motifs is 1. The zero-order valence-corrected chi connectivity index (χ0v) is 9.00. The zero-order valence-electron chi connectivity index (χ0n) is 8.24. The lowest BCUT2D eigenvalue weighted by Crippen LogP contribution is -2.22. The van der Waals surface area contributed by atoms with Gasteiger partial charge in [0.05, 0.1) is 12.8 Å². The molecule has 0 saturated heterocycles. The van der Waals surface area contributed by atoms with Crippen LogP contribution in [-0.2, 0) is 9.53 Å². The molecule has 1 amide bonds. The van der Waals surface area contributed by atoms with Gasteiger partial charge in [-0.05, 0) is 12.1 Å². The minimum absolute atomic E-state index is 0.168. The van der Waals surface area contributed by atoms with Gasteiger partial charge in [0.15, 0.2) is 5.75 Å². The van der Waals surface area contributed by atoms with Crippen molar-refractivity contribution in [2.45, 2.75) is 0 Å². The van der Waals surface area contributed by atoms with E-state index in [4.69, 9.17) is 16.3 Å². The van der Waals surface area contributed by atoms with Gasteiger partial charge in [0.1, 0.15) is 5.56 Å². The number of halogens is 1. The summed E-state index contributed by atoms with van der Waals surface area (Å²) in [6, 6.07) is 2.91. The molecule has 1 aromatic rings. The minimum Gasteiger partial charge on any atom is -0.473 e. The SMILES string of the molecule is COC(=O)c1cc(Cl)cc2c1O[CH]C(=O)N2. The van der Waals surface area contributed by atoms with Crippen molar-refractivity contribution < 1.29 is 19.1 Å². The molecule has 6 heteroatoms. The third-order valence-electron chi connectivity index (χ3n) is 2.00. The first-order chi connectivity index (χ1) is 7.61. The molecular weight excluding hydrogens is 234 g/mol. The van der Waals surface area contributed by atoms with Crippen molar-refractivity contribution in [1.82, 2.24) is 0 Å². The normalized spacial score (nSPS) is 13.5. The quantitative estimate of drug-likeness (QED) is 0.758. The first-order valence-corrected chi connectivity index (χ1v) is 4.72. The second-order valence-electron chi connectivity index (χ2n) is 3.05. The number of methoxy groups -OCH3 is 1. The van der Waals surface area contributed by atoms with Crippen LogP contribution in [0.5, 0.6) is 5.75 Å². The molecule has 83 valence electrons. The van der Waals surface area contributed by atoms with Gasteiger partial charge >= 0.3 is 5.97 Å². The fourth-order valence-corrected chi connectivity index (χ4v) is 1.57. The molecule has 16 heavy (non-hydrogen) atoms. The largest absolute Gasteiger partial charge is 0.473 e. The molecule has 1 heterocycles. The summed E-state index contributed by atoms with van der Waals surface area (Å²) in [5, 5.41) is 2.82. The van der Waals surface area contributed by atoms with Gasteiger partial charge in [0, 0.05) is 5.02 Å². The van der Waals surface area contributed by atoms with Crippen molar-refractivity contribution in [1.29, 1.82) is 0 Å². The van der Waals surface area contributed by atoms with Crippen LogP contribution < -0.4 is 10.1 Å². The van der Waals surface area contributed by atoms with Gasteiger partial charge in [-0.15, -0.1) is 0 Å². The van der Waals surface area contributed by atoms with Crippen LogP contribution in [0.1, 0.15) is 10.4 Å². The Morgan fingerprint density at radius 2 is 2.25 bits per heavy atom. The van der Waals surface area contributed by atoms with Crippen LogP contribution in [0.15, 0.2) is 12.1 Å². The predicted octanol–water partition coefficient (Wildman–Crippen LogP) is 1.62. The molecule has 2 rings (SSSR count). The van der Waals surface area contributed by atoms with Gasteiger partial charge in [-0.3, -0.25) is 4.79 Å². The summed E-state index contributed by atoms with van der Waals surface area (Å²) in [7, 11) is 1.25. The smallest absolute Gasteiger partial charge is 0.341 e. The number of rotatable bonds is 1. The molecule has 0 saturated carbocycles. The van der Waals surface area contributed by atoms with Crippen molar-refractivity contribution in [2.24, 2.45) is 0 Å². The van der Waals surface area contributed by atoms with E-state index in [0.717, 1.165) is 6.61 Å². The molecular formula is C10H7ClNO4. The number of hydrogen-bond donors (Lipinski definition) is 1. The Bertz CT molecular complexity index is 472. The van der Waals surface area contributed by atoms with E-state index in [1.807, 2.05) is 0 Å². The first kappa shape index (κ1) is 10.8. The van der Waals surface area contributed by atoms with E-state index in [-0.39, 0.29) is 11.3 Å². The summed E-state index contributed by atoms with van der Waals surface area (Å²) in [6.45, 7) is 0.975. The van der Waals surface area contributed by atoms with Gasteiger partial charge in [0.2, 0.25) is 6.61 Å². The van der Waals surface area contributed by atoms with Crippen LogP contribution in [0.2, 0.25) is 5.02 Å². The number of carbonyl (C=O) groups is 2. The number of amides is 1. The highest BCUT2D eigenvalue weighted by molar-refractivity contribution is 6.31. The average Bonchev–Trinajstić information content (AvgIpc) is 2.26.